The third-order valence-corrected chi connectivity index (χ3v) is 3.63. The SMILES string of the molecule is Cc1cc(OCC(C)C)ccc1C(C)CC(CN)CO. The predicted octanol–water partition coefficient (Wildman–Crippen LogP) is 3.09. The maximum Gasteiger partial charge on any atom is 0.119 e. The van der Waals surface area contributed by atoms with E-state index in [9.17, 15) is 5.11 Å². The molecule has 0 saturated heterocycles. The largest absolute Gasteiger partial charge is 0.493 e. The van der Waals surface area contributed by atoms with Crippen LogP contribution in [-0.4, -0.2) is 24.9 Å². The summed E-state index contributed by atoms with van der Waals surface area (Å²) in [6, 6.07) is 6.28. The molecule has 3 N–H and O–H groups in total. The van der Waals surface area contributed by atoms with Gasteiger partial charge in [-0.15, -0.1) is 0 Å². The van der Waals surface area contributed by atoms with Gasteiger partial charge in [-0.25, -0.2) is 0 Å². The Kier molecular flexibility index (Phi) is 7.03. The maximum absolute atomic E-state index is 9.26. The van der Waals surface area contributed by atoms with Crippen LogP contribution in [0.3, 0.4) is 0 Å². The van der Waals surface area contributed by atoms with Gasteiger partial charge in [0.15, 0.2) is 0 Å². The molecule has 3 nitrogen and oxygen atoms in total. The molecule has 0 spiro atoms. The minimum Gasteiger partial charge on any atom is -0.493 e. The van der Waals surface area contributed by atoms with Crippen LogP contribution in [0.5, 0.6) is 5.75 Å². The van der Waals surface area contributed by atoms with Gasteiger partial charge in [0.1, 0.15) is 5.75 Å². The van der Waals surface area contributed by atoms with Crippen molar-refractivity contribution < 1.29 is 9.84 Å². The van der Waals surface area contributed by atoms with Gasteiger partial charge < -0.3 is 15.6 Å². The molecule has 1 rings (SSSR count). The highest BCUT2D eigenvalue weighted by atomic mass is 16.5. The molecule has 0 radical (unpaired) electrons. The van der Waals surface area contributed by atoms with Crippen LogP contribution in [0.25, 0.3) is 0 Å². The summed E-state index contributed by atoms with van der Waals surface area (Å²) in [5, 5.41) is 9.26. The van der Waals surface area contributed by atoms with Crippen LogP contribution in [0.1, 0.15) is 44.2 Å². The average molecular weight is 279 g/mol. The lowest BCUT2D eigenvalue weighted by molar-refractivity contribution is 0.217. The Balaban J connectivity index is 2.71. The summed E-state index contributed by atoms with van der Waals surface area (Å²) < 4.78 is 5.75. The monoisotopic (exact) mass is 279 g/mol. The Morgan fingerprint density at radius 3 is 2.45 bits per heavy atom. The first-order valence-electron chi connectivity index (χ1n) is 7.52. The number of aryl methyl sites for hydroxylation is 1. The van der Waals surface area contributed by atoms with Crippen molar-refractivity contribution in [2.24, 2.45) is 17.6 Å². The first-order chi connectivity index (χ1) is 9.47. The molecule has 114 valence electrons. The quantitative estimate of drug-likeness (QED) is 0.769. The second kappa shape index (κ2) is 8.28. The van der Waals surface area contributed by atoms with Gasteiger partial charge in [-0.05, 0) is 60.9 Å². The molecule has 1 aromatic rings. The summed E-state index contributed by atoms with van der Waals surface area (Å²) in [6.07, 6.45) is 0.917. The zero-order chi connectivity index (χ0) is 15.1. The van der Waals surface area contributed by atoms with Gasteiger partial charge in [-0.1, -0.05) is 26.8 Å². The summed E-state index contributed by atoms with van der Waals surface area (Å²) in [5.74, 6) is 2.05. The molecule has 0 aliphatic carbocycles. The fraction of sp³-hybridized carbons (Fsp3) is 0.647. The smallest absolute Gasteiger partial charge is 0.119 e. The van der Waals surface area contributed by atoms with E-state index in [1.807, 2.05) is 6.07 Å². The summed E-state index contributed by atoms with van der Waals surface area (Å²) in [4.78, 5) is 0. The van der Waals surface area contributed by atoms with Gasteiger partial charge in [-0.2, -0.15) is 0 Å². The number of nitrogens with two attached hydrogens (primary N) is 1. The Morgan fingerprint density at radius 2 is 1.95 bits per heavy atom. The van der Waals surface area contributed by atoms with Crippen molar-refractivity contribution in [3.8, 4) is 5.75 Å². The number of benzene rings is 1. The zero-order valence-electron chi connectivity index (χ0n) is 13.2. The summed E-state index contributed by atoms with van der Waals surface area (Å²) in [5.41, 5.74) is 8.22. The lowest BCUT2D eigenvalue weighted by Gasteiger charge is -2.20. The topological polar surface area (TPSA) is 55.5 Å². The molecule has 1 aromatic carbocycles. The minimum atomic E-state index is 0.162. The zero-order valence-corrected chi connectivity index (χ0v) is 13.2. The number of ether oxygens (including phenoxy) is 1. The lowest BCUT2D eigenvalue weighted by atomic mass is 9.88. The number of hydrogen-bond donors (Lipinski definition) is 2. The molecule has 0 saturated carbocycles. The Labute approximate surface area is 123 Å². The number of rotatable bonds is 8. The highest BCUT2D eigenvalue weighted by molar-refractivity contribution is 5.36. The Morgan fingerprint density at radius 1 is 1.25 bits per heavy atom. The molecule has 0 aliphatic rings. The van der Waals surface area contributed by atoms with Crippen molar-refractivity contribution in [3.63, 3.8) is 0 Å². The van der Waals surface area contributed by atoms with Crippen molar-refractivity contribution in [1.29, 1.82) is 0 Å². The van der Waals surface area contributed by atoms with E-state index < -0.39 is 0 Å². The highest BCUT2D eigenvalue weighted by Crippen LogP contribution is 2.28. The van der Waals surface area contributed by atoms with Crippen LogP contribution in [-0.2, 0) is 0 Å². The minimum absolute atomic E-state index is 0.162. The van der Waals surface area contributed by atoms with Crippen LogP contribution >= 0.6 is 0 Å². The van der Waals surface area contributed by atoms with Gasteiger partial charge in [0.2, 0.25) is 0 Å². The van der Waals surface area contributed by atoms with Crippen LogP contribution in [0.15, 0.2) is 18.2 Å². The van der Waals surface area contributed by atoms with E-state index in [0.717, 1.165) is 18.8 Å². The molecule has 0 aromatic heterocycles. The van der Waals surface area contributed by atoms with E-state index in [1.54, 1.807) is 0 Å². The van der Waals surface area contributed by atoms with Crippen molar-refractivity contribution in [1.82, 2.24) is 0 Å². The van der Waals surface area contributed by atoms with Crippen molar-refractivity contribution in [2.45, 2.75) is 40.0 Å². The first-order valence-corrected chi connectivity index (χ1v) is 7.52. The van der Waals surface area contributed by atoms with Crippen molar-refractivity contribution in [2.75, 3.05) is 19.8 Å². The van der Waals surface area contributed by atoms with Crippen LogP contribution in [0.4, 0.5) is 0 Å². The maximum atomic E-state index is 9.26. The third kappa shape index (κ3) is 5.14. The van der Waals surface area contributed by atoms with E-state index in [1.165, 1.54) is 11.1 Å². The van der Waals surface area contributed by atoms with Gasteiger partial charge in [-0.3, -0.25) is 0 Å². The molecule has 0 fully saturated rings. The van der Waals surface area contributed by atoms with Gasteiger partial charge in [0, 0.05) is 6.61 Å². The van der Waals surface area contributed by atoms with E-state index in [4.69, 9.17) is 10.5 Å². The van der Waals surface area contributed by atoms with Gasteiger partial charge in [0.25, 0.3) is 0 Å². The third-order valence-electron chi connectivity index (χ3n) is 3.63. The van der Waals surface area contributed by atoms with E-state index in [2.05, 4.69) is 39.8 Å². The first kappa shape index (κ1) is 17.0. The van der Waals surface area contributed by atoms with Crippen molar-refractivity contribution in [3.05, 3.63) is 29.3 Å². The molecule has 20 heavy (non-hydrogen) atoms. The summed E-state index contributed by atoms with van der Waals surface area (Å²) in [6.45, 7) is 10.0. The lowest BCUT2D eigenvalue weighted by Crippen LogP contribution is -2.20. The average Bonchev–Trinajstić information content (AvgIpc) is 2.42. The molecular formula is C17H29NO2. The van der Waals surface area contributed by atoms with E-state index in [0.29, 0.717) is 18.4 Å². The van der Waals surface area contributed by atoms with E-state index >= 15 is 0 Å². The molecular weight excluding hydrogens is 250 g/mol. The molecule has 2 unspecified atom stereocenters. The summed E-state index contributed by atoms with van der Waals surface area (Å²) >= 11 is 0. The highest BCUT2D eigenvalue weighted by Gasteiger charge is 2.15. The van der Waals surface area contributed by atoms with Gasteiger partial charge in [0.05, 0.1) is 6.61 Å². The number of hydrogen-bond acceptors (Lipinski definition) is 3. The standard InChI is InChI=1S/C17H29NO2/c1-12(2)11-20-16-5-6-17(14(4)8-16)13(3)7-15(9-18)10-19/h5-6,8,12-13,15,19H,7,9-11,18H2,1-4H3. The molecule has 2 atom stereocenters. The number of aliphatic hydroxyl groups excluding tert-OH is 1. The number of aliphatic hydroxyl groups is 1. The molecule has 3 heteroatoms. The van der Waals surface area contributed by atoms with Gasteiger partial charge >= 0.3 is 0 Å². The van der Waals surface area contributed by atoms with Crippen LogP contribution < -0.4 is 10.5 Å². The molecule has 0 amide bonds. The fourth-order valence-electron chi connectivity index (χ4n) is 2.43. The predicted molar refractivity (Wildman–Crippen MR) is 84.2 cm³/mol. The second-order valence-corrected chi connectivity index (χ2v) is 6.14. The van der Waals surface area contributed by atoms with Crippen LogP contribution in [0, 0.1) is 18.8 Å². The van der Waals surface area contributed by atoms with Crippen molar-refractivity contribution >= 4 is 0 Å². The normalized spacial score (nSPS) is 14.3. The fourth-order valence-corrected chi connectivity index (χ4v) is 2.43. The van der Waals surface area contributed by atoms with Crippen LogP contribution in [0.2, 0.25) is 0 Å². The molecule has 0 bridgehead atoms. The second-order valence-electron chi connectivity index (χ2n) is 6.14. The molecule has 0 heterocycles. The Bertz CT molecular complexity index is 400. The molecule has 0 aliphatic heterocycles. The summed E-state index contributed by atoms with van der Waals surface area (Å²) in [7, 11) is 0. The Hall–Kier alpha value is -1.06. The van der Waals surface area contributed by atoms with E-state index in [-0.39, 0.29) is 12.5 Å².